The van der Waals surface area contributed by atoms with Gasteiger partial charge >= 0.3 is 0 Å². The summed E-state index contributed by atoms with van der Waals surface area (Å²) in [6.45, 7) is 2.69. The molecule has 0 aromatic heterocycles. The van der Waals surface area contributed by atoms with Gasteiger partial charge in [0.05, 0.1) is 19.3 Å². The minimum Gasteiger partial charge on any atom is -0.379 e. The zero-order valence-electron chi connectivity index (χ0n) is 8.87. The number of carbonyl (C=O) groups excluding carboxylic acids is 1. The molecule has 1 saturated carbocycles. The van der Waals surface area contributed by atoms with Crippen LogP contribution in [0.1, 0.15) is 25.7 Å². The van der Waals surface area contributed by atoms with E-state index in [1.54, 1.807) is 0 Å². The molecule has 1 saturated heterocycles. The molecule has 2 fully saturated rings. The predicted molar refractivity (Wildman–Crippen MR) is 54.2 cm³/mol. The summed E-state index contributed by atoms with van der Waals surface area (Å²) in [6.07, 6.45) is 3.18. The van der Waals surface area contributed by atoms with E-state index in [9.17, 15) is 10.1 Å². The second-order valence-corrected chi connectivity index (χ2v) is 4.20. The molecule has 1 heterocycles. The van der Waals surface area contributed by atoms with Crippen molar-refractivity contribution < 1.29 is 9.53 Å². The van der Waals surface area contributed by atoms with Gasteiger partial charge in [-0.15, -0.1) is 0 Å². The van der Waals surface area contributed by atoms with E-state index in [1.807, 2.05) is 4.90 Å². The van der Waals surface area contributed by atoms with Crippen molar-refractivity contribution in [2.45, 2.75) is 31.2 Å². The van der Waals surface area contributed by atoms with Gasteiger partial charge in [-0.25, -0.2) is 0 Å². The van der Waals surface area contributed by atoms with E-state index >= 15 is 0 Å². The lowest BCUT2D eigenvalue weighted by Gasteiger charge is -2.41. The summed E-state index contributed by atoms with van der Waals surface area (Å²) in [5, 5.41) is 9.31. The smallest absolute Gasteiger partial charge is 0.168 e. The van der Waals surface area contributed by atoms with E-state index in [0.29, 0.717) is 39.1 Å². The number of nitrogens with zero attached hydrogens (tertiary/aromatic N) is 2. The summed E-state index contributed by atoms with van der Waals surface area (Å²) in [6, 6.07) is 2.26. The molecule has 1 aliphatic heterocycles. The molecular formula is C11H16N2O2. The minimum atomic E-state index is -0.831. The van der Waals surface area contributed by atoms with E-state index in [0.717, 1.165) is 12.8 Å². The van der Waals surface area contributed by atoms with Crippen LogP contribution >= 0.6 is 0 Å². The van der Waals surface area contributed by atoms with Gasteiger partial charge in [-0.1, -0.05) is 0 Å². The number of ketones is 1. The molecule has 0 radical (unpaired) electrons. The fraction of sp³-hybridized carbons (Fsp3) is 0.818. The average Bonchev–Trinajstić information content (AvgIpc) is 2.31. The topological polar surface area (TPSA) is 53.3 Å². The number of nitriles is 1. The van der Waals surface area contributed by atoms with Crippen LogP contribution in [-0.4, -0.2) is 42.5 Å². The van der Waals surface area contributed by atoms with E-state index in [2.05, 4.69) is 6.07 Å². The largest absolute Gasteiger partial charge is 0.379 e. The van der Waals surface area contributed by atoms with Gasteiger partial charge in [0.1, 0.15) is 0 Å². The molecule has 1 unspecified atom stereocenters. The molecule has 2 rings (SSSR count). The summed E-state index contributed by atoms with van der Waals surface area (Å²) < 4.78 is 5.25. The molecule has 2 aliphatic rings. The van der Waals surface area contributed by atoms with Gasteiger partial charge in [-0.3, -0.25) is 9.69 Å². The summed E-state index contributed by atoms with van der Waals surface area (Å²) in [7, 11) is 0. The number of hydrogen-bond acceptors (Lipinski definition) is 4. The van der Waals surface area contributed by atoms with Gasteiger partial charge < -0.3 is 4.74 Å². The summed E-state index contributed by atoms with van der Waals surface area (Å²) in [5.74, 6) is 0.109. The Labute approximate surface area is 89.8 Å². The molecule has 0 N–H and O–H groups in total. The van der Waals surface area contributed by atoms with Crippen LogP contribution in [0.3, 0.4) is 0 Å². The molecule has 0 aromatic carbocycles. The summed E-state index contributed by atoms with van der Waals surface area (Å²) in [5.41, 5.74) is -0.831. The van der Waals surface area contributed by atoms with Crippen molar-refractivity contribution in [2.75, 3.05) is 26.3 Å². The van der Waals surface area contributed by atoms with Crippen LogP contribution in [0.2, 0.25) is 0 Å². The lowest BCUT2D eigenvalue weighted by molar-refractivity contribution is -0.133. The highest BCUT2D eigenvalue weighted by Crippen LogP contribution is 2.30. The molecule has 0 bridgehead atoms. The van der Waals surface area contributed by atoms with Crippen molar-refractivity contribution in [3.63, 3.8) is 0 Å². The van der Waals surface area contributed by atoms with Crippen molar-refractivity contribution in [3.05, 3.63) is 0 Å². The zero-order chi connectivity index (χ0) is 10.7. The van der Waals surface area contributed by atoms with Crippen LogP contribution in [0.25, 0.3) is 0 Å². The second kappa shape index (κ2) is 4.30. The Morgan fingerprint density at radius 3 is 2.67 bits per heavy atom. The molecule has 0 spiro atoms. The summed E-state index contributed by atoms with van der Waals surface area (Å²) >= 11 is 0. The highest BCUT2D eigenvalue weighted by atomic mass is 16.5. The van der Waals surface area contributed by atoms with Gasteiger partial charge in [0.25, 0.3) is 0 Å². The van der Waals surface area contributed by atoms with Gasteiger partial charge in [0.15, 0.2) is 11.3 Å². The molecule has 0 aromatic rings. The Kier molecular flexibility index (Phi) is 3.03. The number of morpholine rings is 1. The van der Waals surface area contributed by atoms with Gasteiger partial charge in [0, 0.05) is 19.5 Å². The molecule has 1 atom stereocenters. The Hall–Kier alpha value is -0.920. The Balaban J connectivity index is 2.19. The standard InChI is InChI=1S/C11H16N2O2/c12-9-11(4-2-1-3-10(11)14)13-5-7-15-8-6-13/h1-8H2. The van der Waals surface area contributed by atoms with E-state index in [-0.39, 0.29) is 5.78 Å². The average molecular weight is 208 g/mol. The van der Waals surface area contributed by atoms with E-state index < -0.39 is 5.54 Å². The Morgan fingerprint density at radius 1 is 1.33 bits per heavy atom. The third-order valence-electron chi connectivity index (χ3n) is 3.39. The first-order chi connectivity index (χ1) is 7.29. The number of Topliss-reactive ketones (excluding diaryl/α,β-unsaturated/α-hetero) is 1. The van der Waals surface area contributed by atoms with Crippen LogP contribution in [0.15, 0.2) is 0 Å². The number of hydrogen-bond donors (Lipinski definition) is 0. The maximum atomic E-state index is 11.9. The van der Waals surface area contributed by atoms with Crippen LogP contribution in [0, 0.1) is 11.3 Å². The van der Waals surface area contributed by atoms with Crippen molar-refractivity contribution in [3.8, 4) is 6.07 Å². The third-order valence-corrected chi connectivity index (χ3v) is 3.39. The third kappa shape index (κ3) is 1.77. The van der Waals surface area contributed by atoms with Crippen LogP contribution < -0.4 is 0 Å². The number of ether oxygens (including phenoxy) is 1. The zero-order valence-corrected chi connectivity index (χ0v) is 8.87. The van der Waals surface area contributed by atoms with E-state index in [1.165, 1.54) is 0 Å². The monoisotopic (exact) mass is 208 g/mol. The lowest BCUT2D eigenvalue weighted by atomic mass is 9.80. The highest BCUT2D eigenvalue weighted by molar-refractivity contribution is 5.92. The summed E-state index contributed by atoms with van der Waals surface area (Å²) in [4.78, 5) is 14.0. The van der Waals surface area contributed by atoms with Crippen molar-refractivity contribution >= 4 is 5.78 Å². The fourth-order valence-electron chi connectivity index (χ4n) is 2.48. The molecule has 4 nitrogen and oxygen atoms in total. The first-order valence-corrected chi connectivity index (χ1v) is 5.57. The second-order valence-electron chi connectivity index (χ2n) is 4.20. The van der Waals surface area contributed by atoms with Crippen molar-refractivity contribution in [1.29, 1.82) is 5.26 Å². The molecule has 1 aliphatic carbocycles. The van der Waals surface area contributed by atoms with Gasteiger partial charge in [-0.05, 0) is 19.3 Å². The van der Waals surface area contributed by atoms with Crippen LogP contribution in [-0.2, 0) is 9.53 Å². The maximum absolute atomic E-state index is 11.9. The van der Waals surface area contributed by atoms with E-state index in [4.69, 9.17) is 4.74 Å². The lowest BCUT2D eigenvalue weighted by Crippen LogP contribution is -2.58. The maximum Gasteiger partial charge on any atom is 0.168 e. The molecule has 0 amide bonds. The first kappa shape index (κ1) is 10.6. The Morgan fingerprint density at radius 2 is 2.07 bits per heavy atom. The van der Waals surface area contributed by atoms with Crippen molar-refractivity contribution in [1.82, 2.24) is 4.90 Å². The highest BCUT2D eigenvalue weighted by Gasteiger charge is 2.45. The van der Waals surface area contributed by atoms with Gasteiger partial charge in [-0.2, -0.15) is 5.26 Å². The van der Waals surface area contributed by atoms with Crippen molar-refractivity contribution in [2.24, 2.45) is 0 Å². The fourth-order valence-corrected chi connectivity index (χ4v) is 2.48. The molecule has 82 valence electrons. The SMILES string of the molecule is N#CC1(N2CCOCC2)CCCCC1=O. The molecular weight excluding hydrogens is 192 g/mol. The molecule has 15 heavy (non-hydrogen) atoms. The number of carbonyl (C=O) groups is 1. The van der Waals surface area contributed by atoms with Crippen LogP contribution in [0.4, 0.5) is 0 Å². The first-order valence-electron chi connectivity index (χ1n) is 5.57. The molecule has 4 heteroatoms. The minimum absolute atomic E-state index is 0.109. The predicted octanol–water partition coefficient (Wildman–Crippen LogP) is 0.724. The number of rotatable bonds is 1. The Bertz CT molecular complexity index is 291. The normalized spacial score (nSPS) is 33.7. The van der Waals surface area contributed by atoms with Gasteiger partial charge in [0.2, 0.25) is 0 Å². The quantitative estimate of drug-likeness (QED) is 0.637. The van der Waals surface area contributed by atoms with Crippen LogP contribution in [0.5, 0.6) is 0 Å².